The lowest BCUT2D eigenvalue weighted by Gasteiger charge is -2.43. The molecule has 16 nitrogen and oxygen atoms in total. The van der Waals surface area contributed by atoms with Gasteiger partial charge < -0.3 is 25.1 Å². The summed E-state index contributed by atoms with van der Waals surface area (Å²) >= 11 is 1.21. The molecule has 0 radical (unpaired) electrons. The predicted molar refractivity (Wildman–Crippen MR) is 227 cm³/mol. The second-order valence-electron chi connectivity index (χ2n) is 16.3. The fraction of sp³-hybridized carbons (Fsp3) is 0.386. The highest BCUT2D eigenvalue weighted by molar-refractivity contribution is 7.13. The maximum atomic E-state index is 14.4. The summed E-state index contributed by atoms with van der Waals surface area (Å²) in [4.78, 5) is 92.2. The van der Waals surface area contributed by atoms with Gasteiger partial charge in [-0.05, 0) is 80.3 Å². The first-order valence-corrected chi connectivity index (χ1v) is 21.8. The fourth-order valence-corrected chi connectivity index (χ4v) is 9.93. The van der Waals surface area contributed by atoms with Crippen LogP contribution in [-0.2, 0) is 20.9 Å². The number of phenols is 1. The second kappa shape index (κ2) is 17.3. The van der Waals surface area contributed by atoms with Gasteiger partial charge in [-0.25, -0.2) is 9.37 Å². The number of hydrogen-bond acceptors (Lipinski definition) is 13. The van der Waals surface area contributed by atoms with Gasteiger partial charge >= 0.3 is 0 Å². The Labute approximate surface area is 360 Å². The predicted octanol–water partition coefficient (Wildman–Crippen LogP) is 3.81. The molecule has 3 aromatic carbocycles. The van der Waals surface area contributed by atoms with E-state index in [-0.39, 0.29) is 47.7 Å². The molecule has 0 aliphatic carbocycles. The number of thiazole rings is 1. The number of fused-ring (bicyclic) bond motifs is 2. The summed E-state index contributed by atoms with van der Waals surface area (Å²) in [5, 5.41) is 21.0. The van der Waals surface area contributed by atoms with Crippen molar-refractivity contribution in [3.8, 4) is 5.75 Å². The number of benzene rings is 3. The van der Waals surface area contributed by atoms with Crippen LogP contribution in [-0.4, -0.2) is 130 Å². The normalized spacial score (nSPS) is 20.4. The molecule has 0 spiro atoms. The quantitative estimate of drug-likeness (QED) is 0.119. The largest absolute Gasteiger partial charge is 0.508 e. The van der Waals surface area contributed by atoms with Gasteiger partial charge in [0.2, 0.25) is 11.8 Å². The van der Waals surface area contributed by atoms with E-state index < -0.39 is 47.4 Å². The van der Waals surface area contributed by atoms with Gasteiger partial charge in [-0.15, -0.1) is 11.3 Å². The van der Waals surface area contributed by atoms with Crippen LogP contribution >= 0.6 is 11.3 Å². The number of amides is 6. The van der Waals surface area contributed by atoms with E-state index >= 15 is 0 Å². The van der Waals surface area contributed by atoms with Crippen LogP contribution in [0, 0.1) is 5.82 Å². The number of imide groups is 2. The van der Waals surface area contributed by atoms with Crippen molar-refractivity contribution in [3.05, 3.63) is 99.8 Å². The molecule has 5 aliphatic rings. The lowest BCUT2D eigenvalue weighted by atomic mass is 10.0. The number of piperidine rings is 2. The number of rotatable bonds is 12. The first kappa shape index (κ1) is 41.1. The highest BCUT2D eigenvalue weighted by atomic mass is 32.1. The maximum absolute atomic E-state index is 14.4. The average Bonchev–Trinajstić information content (AvgIpc) is 3.97. The molecule has 322 valence electrons. The van der Waals surface area contributed by atoms with Crippen LogP contribution in [0.2, 0.25) is 0 Å². The van der Waals surface area contributed by atoms with Crippen LogP contribution in [0.1, 0.15) is 80.3 Å². The number of aromatic hydroxyl groups is 1. The van der Waals surface area contributed by atoms with Crippen LogP contribution in [0.15, 0.2) is 66.2 Å². The van der Waals surface area contributed by atoms with Crippen LogP contribution < -0.4 is 20.9 Å². The summed E-state index contributed by atoms with van der Waals surface area (Å²) in [5.74, 6) is -3.99. The van der Waals surface area contributed by atoms with Crippen molar-refractivity contribution in [2.24, 2.45) is 0 Å². The van der Waals surface area contributed by atoms with Crippen LogP contribution in [0.25, 0.3) is 0 Å². The lowest BCUT2D eigenvalue weighted by Crippen LogP contribution is -2.54. The van der Waals surface area contributed by atoms with E-state index in [1.54, 1.807) is 29.8 Å². The number of carbonyl (C=O) groups excluding carboxylic acids is 6. The molecule has 6 amide bonds. The molecule has 3 saturated heterocycles. The topological polar surface area (TPSA) is 188 Å². The number of nitrogens with zero attached hydrogens (tertiary/aromatic N) is 6. The molecular formula is C44H46FN9O7S. The Hall–Kier alpha value is -6.24. The Morgan fingerprint density at radius 1 is 0.919 bits per heavy atom. The van der Waals surface area contributed by atoms with Gasteiger partial charge in [0, 0.05) is 98.9 Å². The minimum Gasteiger partial charge on any atom is -0.508 e. The summed E-state index contributed by atoms with van der Waals surface area (Å²) < 4.78 is 14.4. The molecule has 6 heterocycles. The van der Waals surface area contributed by atoms with E-state index in [9.17, 15) is 38.3 Å². The van der Waals surface area contributed by atoms with Crippen molar-refractivity contribution in [3.63, 3.8) is 0 Å². The minimum absolute atomic E-state index is 0.00706. The van der Waals surface area contributed by atoms with E-state index in [4.69, 9.17) is 0 Å². The third kappa shape index (κ3) is 8.00. The van der Waals surface area contributed by atoms with Gasteiger partial charge in [0.25, 0.3) is 23.6 Å². The summed E-state index contributed by atoms with van der Waals surface area (Å²) in [7, 11) is 0. The summed E-state index contributed by atoms with van der Waals surface area (Å²) in [6.07, 6.45) is 4.50. The molecule has 18 heteroatoms. The van der Waals surface area contributed by atoms with Crippen molar-refractivity contribution < 1.29 is 38.3 Å². The zero-order valence-electron chi connectivity index (χ0n) is 33.8. The molecule has 4 N–H and O–H groups in total. The van der Waals surface area contributed by atoms with Gasteiger partial charge in [-0.1, -0.05) is 12.1 Å². The smallest absolute Gasteiger partial charge is 0.264 e. The number of nitrogens with one attached hydrogen (secondary N) is 3. The van der Waals surface area contributed by atoms with E-state index in [2.05, 4.69) is 35.6 Å². The molecule has 1 aromatic heterocycles. The van der Waals surface area contributed by atoms with Gasteiger partial charge in [0.1, 0.15) is 23.7 Å². The molecule has 5 aliphatic heterocycles. The van der Waals surface area contributed by atoms with Crippen LogP contribution in [0.3, 0.4) is 0 Å². The zero-order valence-corrected chi connectivity index (χ0v) is 34.7. The molecule has 3 fully saturated rings. The summed E-state index contributed by atoms with van der Waals surface area (Å²) in [6.45, 7) is 7.04. The Morgan fingerprint density at radius 3 is 2.48 bits per heavy atom. The van der Waals surface area contributed by atoms with Crippen molar-refractivity contribution >= 4 is 63.3 Å². The average molecular weight is 864 g/mol. The number of aromatic nitrogens is 1. The standard InChI is InChI=1S/C44H46FN9O7S/c45-27-6-9-35(55)32(23-27)38(40(58)49-44-47-14-22-62-44)53-25-26-5-7-29(24-31(26)41(53)59)51-16-11-28(12-17-51)52-20-18-50(19-21-52)15-2-13-46-33-4-1-3-30-37(33)43(61)54(42(30)60)34-8-10-36(56)48-39(34)57/h1,3-7,9,14,22-24,28,34,38,46,55H,2,8,10-13,15-21,25H2,(H,47,49,58)(H,48,56,57). The zero-order chi connectivity index (χ0) is 43.1. The fourth-order valence-electron chi connectivity index (χ4n) is 9.40. The first-order valence-electron chi connectivity index (χ1n) is 21.0. The van der Waals surface area contributed by atoms with E-state index in [0.29, 0.717) is 29.0 Å². The van der Waals surface area contributed by atoms with Gasteiger partial charge in [0.15, 0.2) is 5.13 Å². The Morgan fingerprint density at radius 2 is 1.73 bits per heavy atom. The molecule has 9 rings (SSSR count). The number of carbonyl (C=O) groups is 6. The number of hydrogen-bond donors (Lipinski definition) is 4. The van der Waals surface area contributed by atoms with Gasteiger partial charge in [-0.2, -0.15) is 0 Å². The Balaban J connectivity index is 0.749. The Kier molecular flexibility index (Phi) is 11.4. The van der Waals surface area contributed by atoms with E-state index in [0.717, 1.165) is 93.4 Å². The number of piperazine rings is 1. The third-order valence-corrected chi connectivity index (χ3v) is 13.3. The second-order valence-corrected chi connectivity index (χ2v) is 17.2. The molecule has 2 unspecified atom stereocenters. The van der Waals surface area contributed by atoms with E-state index in [1.807, 2.05) is 18.2 Å². The van der Waals surface area contributed by atoms with Crippen molar-refractivity contribution in [1.82, 2.24) is 29.9 Å². The monoisotopic (exact) mass is 863 g/mol. The SMILES string of the molecule is O=C1CCC(N2C(=O)c3cccc(NCCCN4CCN(C5CCN(c6ccc7c(c6)C(=O)N(C(C(=O)Nc6nccs6)c6cc(F)ccc6O)C7)CC5)CC4)c3C2=O)C(=O)N1. The van der Waals surface area contributed by atoms with Crippen molar-refractivity contribution in [2.75, 3.05) is 67.9 Å². The third-order valence-electron chi connectivity index (χ3n) is 12.6. The first-order chi connectivity index (χ1) is 30.0. The molecule has 2 atom stereocenters. The molecule has 0 saturated carbocycles. The lowest BCUT2D eigenvalue weighted by molar-refractivity contribution is -0.136. The van der Waals surface area contributed by atoms with Crippen LogP contribution in [0.4, 0.5) is 20.9 Å². The summed E-state index contributed by atoms with van der Waals surface area (Å²) in [6, 6.07) is 12.4. The van der Waals surface area contributed by atoms with Crippen LogP contribution in [0.5, 0.6) is 5.75 Å². The van der Waals surface area contributed by atoms with Gasteiger partial charge in [-0.3, -0.25) is 49.2 Å². The van der Waals surface area contributed by atoms with E-state index in [1.165, 1.54) is 22.3 Å². The Bertz CT molecular complexity index is 2430. The van der Waals surface area contributed by atoms with Gasteiger partial charge in [0.05, 0.1) is 11.1 Å². The highest BCUT2D eigenvalue weighted by Crippen LogP contribution is 2.38. The highest BCUT2D eigenvalue weighted by Gasteiger charge is 2.46. The minimum atomic E-state index is -1.29. The number of phenolic OH excluding ortho intramolecular Hbond substituents is 1. The molecule has 0 bridgehead atoms. The summed E-state index contributed by atoms with van der Waals surface area (Å²) in [5.41, 5.74) is 3.23. The van der Waals surface area contributed by atoms with Crippen molar-refractivity contribution in [1.29, 1.82) is 0 Å². The molecular weight excluding hydrogens is 818 g/mol. The number of halogens is 1. The number of anilines is 3. The molecule has 4 aromatic rings. The van der Waals surface area contributed by atoms with Crippen molar-refractivity contribution in [2.45, 2.75) is 56.8 Å². The maximum Gasteiger partial charge on any atom is 0.264 e. The molecule has 62 heavy (non-hydrogen) atoms.